The largest absolute Gasteiger partial charge is 0.337 e. The quantitative estimate of drug-likeness (QED) is 0.465. The number of carbonyl (C=O) groups is 2. The Balaban J connectivity index is 1.43. The minimum Gasteiger partial charge on any atom is -0.337 e. The van der Waals surface area contributed by atoms with Gasteiger partial charge in [-0.1, -0.05) is 6.07 Å². The van der Waals surface area contributed by atoms with Crippen molar-refractivity contribution >= 4 is 34.9 Å². The predicted molar refractivity (Wildman–Crippen MR) is 93.5 cm³/mol. The predicted octanol–water partition coefficient (Wildman–Crippen LogP) is 2.26. The number of nitrogens with zero attached hydrogens (tertiary/aromatic N) is 3. The highest BCUT2D eigenvalue weighted by Crippen LogP contribution is 2.23. The van der Waals surface area contributed by atoms with Gasteiger partial charge >= 0.3 is 6.03 Å². The van der Waals surface area contributed by atoms with Crippen LogP contribution in [-0.4, -0.2) is 57.5 Å². The first-order valence-electron chi connectivity index (χ1n) is 7.83. The van der Waals surface area contributed by atoms with Gasteiger partial charge in [0.2, 0.25) is 0 Å². The Morgan fingerprint density at radius 1 is 1.50 bits per heavy atom. The number of H-pyrrole nitrogens is 1. The van der Waals surface area contributed by atoms with E-state index < -0.39 is 0 Å². The number of amides is 2. The molecule has 1 atom stereocenters. The molecule has 1 saturated heterocycles. The summed E-state index contributed by atoms with van der Waals surface area (Å²) in [4.78, 5) is 27.3. The number of nitrogens with one attached hydrogen (secondary N) is 2. The molecule has 0 radical (unpaired) electrons. The minimum absolute atomic E-state index is 0.0901. The monoisotopic (exact) mass is 365 g/mol. The van der Waals surface area contributed by atoms with Crippen LogP contribution >= 0.6 is 23.1 Å². The van der Waals surface area contributed by atoms with Gasteiger partial charge in [0, 0.05) is 31.3 Å². The van der Waals surface area contributed by atoms with Gasteiger partial charge in [-0.2, -0.15) is 10.3 Å². The highest BCUT2D eigenvalue weighted by Gasteiger charge is 2.29. The lowest BCUT2D eigenvalue weighted by Gasteiger charge is -2.31. The second-order valence-electron chi connectivity index (χ2n) is 5.52. The van der Waals surface area contributed by atoms with Crippen LogP contribution in [0.1, 0.15) is 22.5 Å². The van der Waals surface area contributed by atoms with E-state index in [1.165, 1.54) is 23.1 Å². The van der Waals surface area contributed by atoms with Gasteiger partial charge in [-0.3, -0.25) is 4.79 Å². The summed E-state index contributed by atoms with van der Waals surface area (Å²) in [5.41, 5.74) is 0. The normalized spacial score (nSPS) is 17.7. The summed E-state index contributed by atoms with van der Waals surface area (Å²) < 4.78 is 0. The number of aromatic nitrogens is 3. The third-order valence-corrected chi connectivity index (χ3v) is 5.65. The van der Waals surface area contributed by atoms with E-state index in [4.69, 9.17) is 0 Å². The van der Waals surface area contributed by atoms with E-state index in [-0.39, 0.29) is 17.7 Å². The van der Waals surface area contributed by atoms with Gasteiger partial charge in [-0.25, -0.2) is 4.79 Å². The third kappa shape index (κ3) is 4.35. The van der Waals surface area contributed by atoms with Crippen LogP contribution in [0.2, 0.25) is 0 Å². The number of hydrogen-bond acceptors (Lipinski definition) is 6. The molecule has 0 aliphatic carbocycles. The molecule has 1 aliphatic rings. The molecule has 0 saturated carbocycles. The standard InChI is InChI=1S/C15H19N5O2S2/c21-14(12-4-2-7-23-12)11-3-1-6-20(10-11)15(22)16-5-8-24-13-9-17-19-18-13/h2,4,7,9,11H,1,3,5-6,8,10H2,(H,16,22)(H,17,18,19)/t11-/m0/s1. The van der Waals surface area contributed by atoms with E-state index in [9.17, 15) is 9.59 Å². The second kappa shape index (κ2) is 8.29. The molecule has 3 heterocycles. The first-order chi connectivity index (χ1) is 11.7. The molecule has 1 fully saturated rings. The highest BCUT2D eigenvalue weighted by molar-refractivity contribution is 7.99. The lowest BCUT2D eigenvalue weighted by Crippen LogP contribution is -2.47. The zero-order valence-electron chi connectivity index (χ0n) is 13.1. The van der Waals surface area contributed by atoms with Crippen molar-refractivity contribution in [2.75, 3.05) is 25.4 Å². The summed E-state index contributed by atoms with van der Waals surface area (Å²) in [6.07, 6.45) is 3.36. The molecule has 128 valence electrons. The Labute approximate surface area is 148 Å². The maximum atomic E-state index is 12.5. The summed E-state index contributed by atoms with van der Waals surface area (Å²) in [6, 6.07) is 3.64. The molecule has 0 bridgehead atoms. The fourth-order valence-electron chi connectivity index (χ4n) is 2.68. The Bertz CT molecular complexity index is 659. The number of aromatic amines is 1. The maximum absolute atomic E-state index is 12.5. The van der Waals surface area contributed by atoms with Crippen molar-refractivity contribution < 1.29 is 9.59 Å². The molecular weight excluding hydrogens is 346 g/mol. The molecule has 2 amide bonds. The van der Waals surface area contributed by atoms with Gasteiger partial charge in [0.05, 0.1) is 11.1 Å². The zero-order valence-corrected chi connectivity index (χ0v) is 14.7. The van der Waals surface area contributed by atoms with Crippen molar-refractivity contribution in [2.45, 2.75) is 17.9 Å². The topological polar surface area (TPSA) is 91.0 Å². The van der Waals surface area contributed by atoms with E-state index in [0.29, 0.717) is 19.6 Å². The molecule has 24 heavy (non-hydrogen) atoms. The number of hydrogen-bond donors (Lipinski definition) is 2. The summed E-state index contributed by atoms with van der Waals surface area (Å²) in [7, 11) is 0. The van der Waals surface area contributed by atoms with Gasteiger partial charge in [0.1, 0.15) is 5.03 Å². The summed E-state index contributed by atoms with van der Waals surface area (Å²) in [5, 5.41) is 15.9. The van der Waals surface area contributed by atoms with Crippen LogP contribution in [-0.2, 0) is 0 Å². The number of thiophene rings is 1. The summed E-state index contributed by atoms with van der Waals surface area (Å²) in [5.74, 6) is 0.792. The Morgan fingerprint density at radius 2 is 2.42 bits per heavy atom. The average Bonchev–Trinajstić information content (AvgIpc) is 3.31. The number of urea groups is 1. The van der Waals surface area contributed by atoms with Crippen LogP contribution in [0.4, 0.5) is 4.79 Å². The second-order valence-corrected chi connectivity index (χ2v) is 7.58. The van der Waals surface area contributed by atoms with Gasteiger partial charge in [-0.15, -0.1) is 28.2 Å². The fraction of sp³-hybridized carbons (Fsp3) is 0.467. The van der Waals surface area contributed by atoms with Gasteiger partial charge in [0.15, 0.2) is 5.78 Å². The van der Waals surface area contributed by atoms with Crippen molar-refractivity contribution in [2.24, 2.45) is 5.92 Å². The Kier molecular flexibility index (Phi) is 5.86. The number of Topliss-reactive ketones (excluding diaryl/α,β-unsaturated/α-hetero) is 1. The van der Waals surface area contributed by atoms with Gasteiger partial charge in [0.25, 0.3) is 0 Å². The molecule has 2 N–H and O–H groups in total. The highest BCUT2D eigenvalue weighted by atomic mass is 32.2. The van der Waals surface area contributed by atoms with Crippen molar-refractivity contribution in [3.05, 3.63) is 28.6 Å². The number of carbonyl (C=O) groups excluding carboxylic acids is 2. The Morgan fingerprint density at radius 3 is 3.17 bits per heavy atom. The lowest BCUT2D eigenvalue weighted by molar-refractivity contribution is 0.0850. The number of thioether (sulfide) groups is 1. The van der Waals surface area contributed by atoms with Crippen LogP contribution in [0, 0.1) is 5.92 Å². The summed E-state index contributed by atoms with van der Waals surface area (Å²) >= 11 is 2.99. The smallest absolute Gasteiger partial charge is 0.317 e. The third-order valence-electron chi connectivity index (χ3n) is 3.86. The Hall–Kier alpha value is -1.87. The minimum atomic E-state index is -0.0977. The van der Waals surface area contributed by atoms with Crippen molar-refractivity contribution in [3.8, 4) is 0 Å². The zero-order chi connectivity index (χ0) is 16.8. The lowest BCUT2D eigenvalue weighted by atomic mass is 9.93. The molecule has 2 aromatic heterocycles. The van der Waals surface area contributed by atoms with E-state index >= 15 is 0 Å². The number of piperidine rings is 1. The molecule has 0 aromatic carbocycles. The van der Waals surface area contributed by atoms with Crippen LogP contribution in [0.15, 0.2) is 28.7 Å². The van der Waals surface area contributed by atoms with Crippen molar-refractivity contribution in [3.63, 3.8) is 0 Å². The molecule has 3 rings (SSSR count). The first kappa shape index (κ1) is 17.0. The summed E-state index contributed by atoms with van der Waals surface area (Å²) in [6.45, 7) is 1.76. The van der Waals surface area contributed by atoms with Crippen molar-refractivity contribution in [1.82, 2.24) is 25.6 Å². The average molecular weight is 365 g/mol. The van der Waals surface area contributed by atoms with E-state index in [2.05, 4.69) is 20.7 Å². The van der Waals surface area contributed by atoms with Crippen LogP contribution < -0.4 is 5.32 Å². The SMILES string of the molecule is O=C(c1cccs1)[C@H]1CCCN(C(=O)NCCSc2cn[nH]n2)C1. The molecule has 1 aliphatic heterocycles. The number of ketones is 1. The van der Waals surface area contributed by atoms with E-state index in [1.54, 1.807) is 11.1 Å². The molecule has 0 spiro atoms. The van der Waals surface area contributed by atoms with E-state index in [1.807, 2.05) is 17.5 Å². The molecule has 7 nitrogen and oxygen atoms in total. The van der Waals surface area contributed by atoms with Crippen molar-refractivity contribution in [1.29, 1.82) is 0 Å². The van der Waals surface area contributed by atoms with Crippen LogP contribution in [0.3, 0.4) is 0 Å². The first-order valence-corrected chi connectivity index (χ1v) is 9.69. The molecule has 0 unspecified atom stereocenters. The fourth-order valence-corrected chi connectivity index (χ4v) is 4.07. The van der Waals surface area contributed by atoms with Gasteiger partial charge < -0.3 is 10.2 Å². The number of likely N-dealkylation sites (tertiary alicyclic amines) is 1. The van der Waals surface area contributed by atoms with Gasteiger partial charge in [-0.05, 0) is 24.3 Å². The molecular formula is C15H19N5O2S2. The van der Waals surface area contributed by atoms with E-state index in [0.717, 1.165) is 28.5 Å². The molecule has 9 heteroatoms. The number of rotatable bonds is 6. The maximum Gasteiger partial charge on any atom is 0.317 e. The van der Waals surface area contributed by atoms with Crippen LogP contribution in [0.5, 0.6) is 0 Å². The van der Waals surface area contributed by atoms with Crippen LogP contribution in [0.25, 0.3) is 0 Å². The molecule has 2 aromatic rings.